The number of esters is 1. The standard InChI is InChI=1S/C16H24O3/c1-11-9-12(2)15(13(3)10-11)18-8-7-14(17)19-16(4,5)6/h9-10H,7-8H2,1-6H3. The molecule has 0 radical (unpaired) electrons. The Morgan fingerprint density at radius 2 is 1.63 bits per heavy atom. The number of carbonyl (C=O) groups is 1. The maximum absolute atomic E-state index is 11.6. The van der Waals surface area contributed by atoms with Gasteiger partial charge in [0.1, 0.15) is 11.4 Å². The van der Waals surface area contributed by atoms with Gasteiger partial charge in [-0.15, -0.1) is 0 Å². The number of rotatable bonds is 4. The molecular weight excluding hydrogens is 240 g/mol. The average Bonchev–Trinajstić information content (AvgIpc) is 2.19. The predicted octanol–water partition coefficient (Wildman–Crippen LogP) is 3.72. The summed E-state index contributed by atoms with van der Waals surface area (Å²) in [6, 6.07) is 4.16. The molecule has 0 saturated carbocycles. The number of hydrogen-bond donors (Lipinski definition) is 0. The molecule has 19 heavy (non-hydrogen) atoms. The second-order valence-electron chi connectivity index (χ2n) is 5.91. The van der Waals surface area contributed by atoms with Gasteiger partial charge in [-0.3, -0.25) is 4.79 Å². The normalized spacial score (nSPS) is 11.3. The summed E-state index contributed by atoms with van der Waals surface area (Å²) >= 11 is 0. The molecule has 0 fully saturated rings. The van der Waals surface area contributed by atoms with Gasteiger partial charge in [0, 0.05) is 0 Å². The largest absolute Gasteiger partial charge is 0.492 e. The van der Waals surface area contributed by atoms with Crippen molar-refractivity contribution in [3.05, 3.63) is 28.8 Å². The molecule has 1 aromatic rings. The molecule has 1 aromatic carbocycles. The Labute approximate surface area is 115 Å². The predicted molar refractivity (Wildman–Crippen MR) is 76.6 cm³/mol. The summed E-state index contributed by atoms with van der Waals surface area (Å²) < 4.78 is 10.9. The molecule has 3 heteroatoms. The van der Waals surface area contributed by atoms with Crippen LogP contribution in [0, 0.1) is 20.8 Å². The van der Waals surface area contributed by atoms with E-state index < -0.39 is 5.60 Å². The quantitative estimate of drug-likeness (QED) is 0.777. The van der Waals surface area contributed by atoms with Crippen molar-refractivity contribution in [3.8, 4) is 5.75 Å². The number of ether oxygens (including phenoxy) is 2. The van der Waals surface area contributed by atoms with Gasteiger partial charge in [-0.1, -0.05) is 17.7 Å². The molecule has 106 valence electrons. The number of benzene rings is 1. The highest BCUT2D eigenvalue weighted by Crippen LogP contribution is 2.24. The van der Waals surface area contributed by atoms with Gasteiger partial charge in [0.2, 0.25) is 0 Å². The van der Waals surface area contributed by atoms with Crippen LogP contribution in [0.3, 0.4) is 0 Å². The summed E-state index contributed by atoms with van der Waals surface area (Å²) in [4.78, 5) is 11.6. The summed E-state index contributed by atoms with van der Waals surface area (Å²) in [6.07, 6.45) is 0.268. The molecule has 3 nitrogen and oxygen atoms in total. The third-order valence-corrected chi connectivity index (χ3v) is 2.58. The van der Waals surface area contributed by atoms with Gasteiger partial charge in [0.25, 0.3) is 0 Å². The zero-order chi connectivity index (χ0) is 14.6. The van der Waals surface area contributed by atoms with E-state index in [0.29, 0.717) is 6.61 Å². The van der Waals surface area contributed by atoms with Gasteiger partial charge in [-0.2, -0.15) is 0 Å². The van der Waals surface area contributed by atoms with Crippen LogP contribution in [0.1, 0.15) is 43.9 Å². The van der Waals surface area contributed by atoms with Crippen molar-refractivity contribution in [2.45, 2.75) is 53.6 Å². The van der Waals surface area contributed by atoms with E-state index in [0.717, 1.165) is 16.9 Å². The van der Waals surface area contributed by atoms with Crippen LogP contribution in [0.4, 0.5) is 0 Å². The summed E-state index contributed by atoms with van der Waals surface area (Å²) in [5.41, 5.74) is 2.98. The minimum Gasteiger partial charge on any atom is -0.492 e. The zero-order valence-corrected chi connectivity index (χ0v) is 12.8. The number of aryl methyl sites for hydroxylation is 3. The van der Waals surface area contributed by atoms with Gasteiger partial charge in [0.05, 0.1) is 13.0 Å². The fourth-order valence-corrected chi connectivity index (χ4v) is 2.02. The monoisotopic (exact) mass is 264 g/mol. The Morgan fingerprint density at radius 1 is 1.11 bits per heavy atom. The minimum atomic E-state index is -0.438. The van der Waals surface area contributed by atoms with Crippen molar-refractivity contribution in [2.75, 3.05) is 6.61 Å². The van der Waals surface area contributed by atoms with Crippen LogP contribution in [0.15, 0.2) is 12.1 Å². The molecule has 0 atom stereocenters. The van der Waals surface area contributed by atoms with Gasteiger partial charge in [0.15, 0.2) is 0 Å². The highest BCUT2D eigenvalue weighted by atomic mass is 16.6. The van der Waals surface area contributed by atoms with E-state index in [2.05, 4.69) is 19.1 Å². The van der Waals surface area contributed by atoms with Crippen LogP contribution in [0.2, 0.25) is 0 Å². The first-order valence-electron chi connectivity index (χ1n) is 6.61. The molecular formula is C16H24O3. The first-order valence-corrected chi connectivity index (χ1v) is 6.61. The summed E-state index contributed by atoms with van der Waals surface area (Å²) in [6.45, 7) is 12.0. The number of hydrogen-bond acceptors (Lipinski definition) is 3. The lowest BCUT2D eigenvalue weighted by molar-refractivity contribution is -0.155. The minimum absolute atomic E-state index is 0.227. The van der Waals surface area contributed by atoms with Crippen molar-refractivity contribution in [1.29, 1.82) is 0 Å². The lowest BCUT2D eigenvalue weighted by Gasteiger charge is -2.19. The second kappa shape index (κ2) is 6.09. The summed E-state index contributed by atoms with van der Waals surface area (Å²) in [7, 11) is 0. The maximum atomic E-state index is 11.6. The highest BCUT2D eigenvalue weighted by Gasteiger charge is 2.16. The van der Waals surface area contributed by atoms with E-state index in [1.54, 1.807) is 0 Å². The van der Waals surface area contributed by atoms with Crippen molar-refractivity contribution in [1.82, 2.24) is 0 Å². The summed E-state index contributed by atoms with van der Waals surface area (Å²) in [5.74, 6) is 0.643. The Bertz CT molecular complexity index is 433. The molecule has 0 aliphatic heterocycles. The first kappa shape index (κ1) is 15.5. The van der Waals surface area contributed by atoms with Crippen LogP contribution >= 0.6 is 0 Å². The Balaban J connectivity index is 2.52. The van der Waals surface area contributed by atoms with E-state index >= 15 is 0 Å². The Kier molecular flexibility index (Phi) is 4.98. The fourth-order valence-electron chi connectivity index (χ4n) is 2.02. The highest BCUT2D eigenvalue weighted by molar-refractivity contribution is 5.70. The molecule has 0 heterocycles. The van der Waals surface area contributed by atoms with Gasteiger partial charge in [-0.05, 0) is 52.7 Å². The van der Waals surface area contributed by atoms with Crippen LogP contribution < -0.4 is 4.74 Å². The lowest BCUT2D eigenvalue weighted by Crippen LogP contribution is -2.24. The summed E-state index contributed by atoms with van der Waals surface area (Å²) in [5, 5.41) is 0. The lowest BCUT2D eigenvalue weighted by atomic mass is 10.1. The van der Waals surface area contributed by atoms with Crippen molar-refractivity contribution < 1.29 is 14.3 Å². The molecule has 0 aliphatic rings. The SMILES string of the molecule is Cc1cc(C)c(OCCC(=O)OC(C)(C)C)c(C)c1. The van der Waals surface area contributed by atoms with E-state index in [1.807, 2.05) is 34.6 Å². The molecule has 0 amide bonds. The van der Waals surface area contributed by atoms with Gasteiger partial charge in [-0.25, -0.2) is 0 Å². The molecule has 0 spiro atoms. The topological polar surface area (TPSA) is 35.5 Å². The van der Waals surface area contributed by atoms with Crippen LogP contribution in [0.5, 0.6) is 5.75 Å². The maximum Gasteiger partial charge on any atom is 0.309 e. The first-order chi connectivity index (χ1) is 8.69. The molecule has 0 bridgehead atoms. The second-order valence-corrected chi connectivity index (χ2v) is 5.91. The van der Waals surface area contributed by atoms with Crippen molar-refractivity contribution in [3.63, 3.8) is 0 Å². The Hall–Kier alpha value is -1.51. The third kappa shape index (κ3) is 5.33. The molecule has 0 N–H and O–H groups in total. The molecule has 0 aliphatic carbocycles. The van der Waals surface area contributed by atoms with E-state index in [4.69, 9.17) is 9.47 Å². The Morgan fingerprint density at radius 3 is 2.11 bits per heavy atom. The van der Waals surface area contributed by atoms with Crippen molar-refractivity contribution in [2.24, 2.45) is 0 Å². The van der Waals surface area contributed by atoms with E-state index in [1.165, 1.54) is 5.56 Å². The van der Waals surface area contributed by atoms with E-state index in [9.17, 15) is 4.79 Å². The van der Waals surface area contributed by atoms with Gasteiger partial charge >= 0.3 is 5.97 Å². The number of carbonyl (C=O) groups excluding carboxylic acids is 1. The van der Waals surface area contributed by atoms with Crippen LogP contribution in [-0.2, 0) is 9.53 Å². The fraction of sp³-hybridized carbons (Fsp3) is 0.562. The molecule has 0 aromatic heterocycles. The molecule has 1 rings (SSSR count). The van der Waals surface area contributed by atoms with Crippen molar-refractivity contribution >= 4 is 5.97 Å². The molecule has 0 unspecified atom stereocenters. The average molecular weight is 264 g/mol. The van der Waals surface area contributed by atoms with Gasteiger partial charge < -0.3 is 9.47 Å². The third-order valence-electron chi connectivity index (χ3n) is 2.58. The van der Waals surface area contributed by atoms with E-state index in [-0.39, 0.29) is 12.4 Å². The van der Waals surface area contributed by atoms with Crippen LogP contribution in [0.25, 0.3) is 0 Å². The smallest absolute Gasteiger partial charge is 0.309 e. The zero-order valence-electron chi connectivity index (χ0n) is 12.8. The molecule has 0 saturated heterocycles. The van der Waals surface area contributed by atoms with Crippen LogP contribution in [-0.4, -0.2) is 18.2 Å².